The van der Waals surface area contributed by atoms with Gasteiger partial charge in [-0.2, -0.15) is 0 Å². The van der Waals surface area contributed by atoms with Crippen molar-refractivity contribution in [2.45, 2.75) is 18.6 Å². The van der Waals surface area contributed by atoms with Crippen LogP contribution in [0.4, 0.5) is 23.7 Å². The van der Waals surface area contributed by atoms with Crippen LogP contribution in [0.15, 0.2) is 66.7 Å². The number of amides is 3. The molecular weight excluding hydrogens is 435 g/mol. The second-order valence-electron chi connectivity index (χ2n) is 7.51. The SMILES string of the molecule is O=C(Nc1ccc(F)cc1)N[C@@H]1C(=O)NC[C@H]1c1c(F)cc(OCc2ccccc2)cc1F. The number of rotatable bonds is 6. The molecular formula is C24H20F3N3O3. The lowest BCUT2D eigenvalue weighted by atomic mass is 9.93. The van der Waals surface area contributed by atoms with Crippen molar-refractivity contribution >= 4 is 17.6 Å². The smallest absolute Gasteiger partial charge is 0.319 e. The summed E-state index contributed by atoms with van der Waals surface area (Å²) < 4.78 is 48.3. The summed E-state index contributed by atoms with van der Waals surface area (Å²) in [5, 5.41) is 7.41. The van der Waals surface area contributed by atoms with E-state index in [1.54, 1.807) is 0 Å². The molecule has 0 aliphatic carbocycles. The van der Waals surface area contributed by atoms with Crippen LogP contribution >= 0.6 is 0 Å². The average molecular weight is 455 g/mol. The summed E-state index contributed by atoms with van der Waals surface area (Å²) in [5.74, 6) is -3.78. The van der Waals surface area contributed by atoms with E-state index in [-0.39, 0.29) is 24.5 Å². The van der Waals surface area contributed by atoms with E-state index in [0.717, 1.165) is 29.8 Å². The number of hydrogen-bond acceptors (Lipinski definition) is 3. The average Bonchev–Trinajstić information content (AvgIpc) is 3.14. The molecule has 1 heterocycles. The van der Waals surface area contributed by atoms with Crippen LogP contribution in [0.2, 0.25) is 0 Å². The quantitative estimate of drug-likeness (QED) is 0.524. The Morgan fingerprint density at radius 1 is 1.00 bits per heavy atom. The lowest BCUT2D eigenvalue weighted by molar-refractivity contribution is -0.120. The predicted octanol–water partition coefficient (Wildman–Crippen LogP) is 4.09. The molecule has 3 aromatic carbocycles. The zero-order valence-electron chi connectivity index (χ0n) is 17.3. The van der Waals surface area contributed by atoms with Crippen LogP contribution in [0.3, 0.4) is 0 Å². The van der Waals surface area contributed by atoms with Crippen molar-refractivity contribution in [3.8, 4) is 5.75 Å². The fraction of sp³-hybridized carbons (Fsp3) is 0.167. The zero-order valence-corrected chi connectivity index (χ0v) is 17.3. The van der Waals surface area contributed by atoms with E-state index in [0.29, 0.717) is 5.69 Å². The van der Waals surface area contributed by atoms with Crippen LogP contribution in [0.1, 0.15) is 17.0 Å². The third-order valence-corrected chi connectivity index (χ3v) is 5.24. The number of anilines is 1. The molecule has 1 saturated heterocycles. The second-order valence-corrected chi connectivity index (χ2v) is 7.51. The highest BCUT2D eigenvalue weighted by Gasteiger charge is 2.40. The van der Waals surface area contributed by atoms with Crippen LogP contribution in [0.25, 0.3) is 0 Å². The molecule has 1 fully saturated rings. The standard InChI is InChI=1S/C24H20F3N3O3/c25-15-6-8-16(9-7-15)29-24(32)30-22-18(12-28-23(22)31)21-19(26)10-17(11-20(21)27)33-13-14-4-2-1-3-5-14/h1-11,18,22H,12-13H2,(H,28,31)(H2,29,30,32)/t18-,22-/m0/s1. The molecule has 6 nitrogen and oxygen atoms in total. The molecule has 0 radical (unpaired) electrons. The number of carbonyl (C=O) groups is 2. The summed E-state index contributed by atoms with van der Waals surface area (Å²) in [6.45, 7) is 0.0780. The predicted molar refractivity (Wildman–Crippen MR) is 115 cm³/mol. The Balaban J connectivity index is 1.47. The number of carbonyl (C=O) groups excluding carboxylic acids is 2. The molecule has 170 valence electrons. The first-order chi connectivity index (χ1) is 15.9. The normalized spacial score (nSPS) is 17.4. The summed E-state index contributed by atoms with van der Waals surface area (Å²) in [4.78, 5) is 24.6. The molecule has 1 aliphatic rings. The highest BCUT2D eigenvalue weighted by Crippen LogP contribution is 2.31. The van der Waals surface area contributed by atoms with Crippen molar-refractivity contribution in [1.82, 2.24) is 10.6 Å². The van der Waals surface area contributed by atoms with Gasteiger partial charge in [0.2, 0.25) is 5.91 Å². The van der Waals surface area contributed by atoms with E-state index < -0.39 is 41.3 Å². The molecule has 3 N–H and O–H groups in total. The zero-order chi connectivity index (χ0) is 23.4. The third-order valence-electron chi connectivity index (χ3n) is 5.24. The monoisotopic (exact) mass is 455 g/mol. The van der Waals surface area contributed by atoms with E-state index in [1.165, 1.54) is 12.1 Å². The van der Waals surface area contributed by atoms with Gasteiger partial charge in [-0.25, -0.2) is 18.0 Å². The highest BCUT2D eigenvalue weighted by atomic mass is 19.1. The Labute approximate surface area is 187 Å². The van der Waals surface area contributed by atoms with Gasteiger partial charge in [0.25, 0.3) is 0 Å². The van der Waals surface area contributed by atoms with Crippen LogP contribution in [0.5, 0.6) is 5.75 Å². The molecule has 0 unspecified atom stereocenters. The summed E-state index contributed by atoms with van der Waals surface area (Å²) >= 11 is 0. The van der Waals surface area contributed by atoms with Crippen molar-refractivity contribution in [2.24, 2.45) is 0 Å². The molecule has 3 aromatic rings. The maximum Gasteiger partial charge on any atom is 0.319 e. The number of benzene rings is 3. The van der Waals surface area contributed by atoms with E-state index in [1.807, 2.05) is 30.3 Å². The van der Waals surface area contributed by atoms with Gasteiger partial charge < -0.3 is 20.7 Å². The maximum absolute atomic E-state index is 14.9. The van der Waals surface area contributed by atoms with Crippen LogP contribution in [0, 0.1) is 17.5 Å². The van der Waals surface area contributed by atoms with E-state index >= 15 is 0 Å². The largest absolute Gasteiger partial charge is 0.489 e. The first-order valence-corrected chi connectivity index (χ1v) is 10.2. The van der Waals surface area contributed by atoms with Crippen LogP contribution in [-0.2, 0) is 11.4 Å². The van der Waals surface area contributed by atoms with Gasteiger partial charge in [0.1, 0.15) is 35.8 Å². The molecule has 2 atom stereocenters. The first kappa shape index (κ1) is 22.2. The van der Waals surface area contributed by atoms with Crippen molar-refractivity contribution in [2.75, 3.05) is 11.9 Å². The summed E-state index contributed by atoms with van der Waals surface area (Å²) in [5.41, 5.74) is 0.804. The Morgan fingerprint density at radius 3 is 2.33 bits per heavy atom. The van der Waals surface area contributed by atoms with Gasteiger partial charge in [0.15, 0.2) is 0 Å². The molecule has 0 aromatic heterocycles. The minimum atomic E-state index is -1.20. The first-order valence-electron chi connectivity index (χ1n) is 10.2. The number of hydrogen-bond donors (Lipinski definition) is 3. The van der Waals surface area contributed by atoms with E-state index in [9.17, 15) is 22.8 Å². The number of halogens is 3. The second kappa shape index (κ2) is 9.64. The molecule has 9 heteroatoms. The minimum Gasteiger partial charge on any atom is -0.489 e. The van der Waals surface area contributed by atoms with Crippen molar-refractivity contribution in [3.05, 3.63) is 95.3 Å². The Hall–Kier alpha value is -4.01. The van der Waals surface area contributed by atoms with Gasteiger partial charge in [0, 0.05) is 35.8 Å². The van der Waals surface area contributed by atoms with Crippen molar-refractivity contribution in [3.63, 3.8) is 0 Å². The Morgan fingerprint density at radius 2 is 1.67 bits per heavy atom. The number of urea groups is 1. The van der Waals surface area contributed by atoms with E-state index in [2.05, 4.69) is 16.0 Å². The molecule has 1 aliphatic heterocycles. The highest BCUT2D eigenvalue weighted by molar-refractivity contribution is 5.95. The molecule has 33 heavy (non-hydrogen) atoms. The van der Waals surface area contributed by atoms with Gasteiger partial charge in [-0.05, 0) is 29.8 Å². The van der Waals surface area contributed by atoms with Crippen molar-refractivity contribution < 1.29 is 27.5 Å². The Kier molecular flexibility index (Phi) is 6.48. The number of ether oxygens (including phenoxy) is 1. The molecule has 0 saturated carbocycles. The van der Waals surface area contributed by atoms with Gasteiger partial charge in [-0.15, -0.1) is 0 Å². The lowest BCUT2D eigenvalue weighted by Crippen LogP contribution is -2.45. The third kappa shape index (κ3) is 5.25. The van der Waals surface area contributed by atoms with Crippen molar-refractivity contribution in [1.29, 1.82) is 0 Å². The van der Waals surface area contributed by atoms with Gasteiger partial charge >= 0.3 is 6.03 Å². The lowest BCUT2D eigenvalue weighted by Gasteiger charge is -2.20. The maximum atomic E-state index is 14.9. The van der Waals surface area contributed by atoms with Gasteiger partial charge in [-0.3, -0.25) is 4.79 Å². The minimum absolute atomic E-state index is 0.00782. The summed E-state index contributed by atoms with van der Waals surface area (Å²) in [7, 11) is 0. The fourth-order valence-electron chi connectivity index (χ4n) is 3.64. The fourth-order valence-corrected chi connectivity index (χ4v) is 3.64. The molecule has 0 spiro atoms. The van der Waals surface area contributed by atoms with Gasteiger partial charge in [0.05, 0.1) is 0 Å². The molecule has 4 rings (SSSR count). The Bertz CT molecular complexity index is 1130. The molecule has 3 amide bonds. The van der Waals surface area contributed by atoms with E-state index in [4.69, 9.17) is 4.74 Å². The van der Waals surface area contributed by atoms with Crippen LogP contribution < -0.4 is 20.7 Å². The number of nitrogens with one attached hydrogen (secondary N) is 3. The van der Waals surface area contributed by atoms with Gasteiger partial charge in [-0.1, -0.05) is 30.3 Å². The summed E-state index contributed by atoms with van der Waals surface area (Å²) in [6.07, 6.45) is 0. The summed E-state index contributed by atoms with van der Waals surface area (Å²) in [6, 6.07) is 14.3. The molecule has 0 bridgehead atoms. The topological polar surface area (TPSA) is 79.5 Å². The van der Waals surface area contributed by atoms with Crippen LogP contribution in [-0.4, -0.2) is 24.5 Å².